The highest BCUT2D eigenvalue weighted by Gasteiger charge is 2.28. The van der Waals surface area contributed by atoms with Crippen LogP contribution in [0.3, 0.4) is 0 Å². The largest absolute Gasteiger partial charge is 0.310 e. The highest BCUT2D eigenvalue weighted by atomic mass is 15.0. The molecule has 0 spiro atoms. The third-order valence-electron chi connectivity index (χ3n) is 4.73. The number of fused-ring (bicyclic) bond motifs is 1. The van der Waals surface area contributed by atoms with E-state index in [-0.39, 0.29) is 5.92 Å². The van der Waals surface area contributed by atoms with Gasteiger partial charge in [-0.3, -0.25) is 0 Å². The minimum Gasteiger partial charge on any atom is -0.310 e. The zero-order valence-corrected chi connectivity index (χ0v) is 11.4. The van der Waals surface area contributed by atoms with Gasteiger partial charge in [-0.25, -0.2) is 0 Å². The van der Waals surface area contributed by atoms with Gasteiger partial charge in [0.25, 0.3) is 0 Å². The molecule has 0 aliphatic heterocycles. The smallest absolute Gasteiger partial charge is 0.0672 e. The molecule has 1 N–H and O–H groups in total. The van der Waals surface area contributed by atoms with Crippen LogP contribution in [-0.2, 0) is 12.8 Å². The number of hydrogen-bond donors (Lipinski definition) is 1. The number of nitrogens with zero attached hydrogens (tertiary/aromatic N) is 1. The Hall–Kier alpha value is -1.33. The maximum absolute atomic E-state index is 9.26. The second kappa shape index (κ2) is 5.75. The summed E-state index contributed by atoms with van der Waals surface area (Å²) in [5.74, 6) is 0.228. The van der Waals surface area contributed by atoms with Crippen molar-refractivity contribution in [2.45, 2.75) is 57.0 Å². The number of nitriles is 1. The molecule has 2 heteroatoms. The van der Waals surface area contributed by atoms with E-state index in [1.165, 1.54) is 43.2 Å². The van der Waals surface area contributed by atoms with E-state index in [4.69, 9.17) is 0 Å². The summed E-state index contributed by atoms with van der Waals surface area (Å²) < 4.78 is 0. The highest BCUT2D eigenvalue weighted by Crippen LogP contribution is 2.27. The molecule has 0 bridgehead atoms. The molecule has 1 fully saturated rings. The van der Waals surface area contributed by atoms with E-state index in [0.717, 1.165) is 12.8 Å². The van der Waals surface area contributed by atoms with Crippen molar-refractivity contribution >= 4 is 0 Å². The van der Waals surface area contributed by atoms with Crippen molar-refractivity contribution in [3.63, 3.8) is 0 Å². The summed E-state index contributed by atoms with van der Waals surface area (Å²) in [6.07, 6.45) is 8.28. The molecule has 3 atom stereocenters. The predicted molar refractivity (Wildman–Crippen MR) is 76.7 cm³/mol. The Morgan fingerprint density at radius 2 is 1.84 bits per heavy atom. The van der Waals surface area contributed by atoms with Gasteiger partial charge in [0, 0.05) is 12.1 Å². The Bertz CT molecular complexity index is 474. The molecule has 0 heterocycles. The third-order valence-corrected chi connectivity index (χ3v) is 4.73. The average molecular weight is 254 g/mol. The van der Waals surface area contributed by atoms with Gasteiger partial charge < -0.3 is 5.32 Å². The van der Waals surface area contributed by atoms with Gasteiger partial charge in [-0.15, -0.1) is 0 Å². The maximum Gasteiger partial charge on any atom is 0.0672 e. The molecule has 3 rings (SSSR count). The van der Waals surface area contributed by atoms with Gasteiger partial charge in [0.15, 0.2) is 0 Å². The van der Waals surface area contributed by atoms with Crippen LogP contribution in [-0.4, -0.2) is 12.1 Å². The van der Waals surface area contributed by atoms with Gasteiger partial charge in [0.2, 0.25) is 0 Å². The first-order chi connectivity index (χ1) is 9.36. The Balaban J connectivity index is 1.64. The molecule has 2 aliphatic rings. The summed E-state index contributed by atoms with van der Waals surface area (Å²) in [6.45, 7) is 0. The van der Waals surface area contributed by atoms with Crippen molar-refractivity contribution in [1.29, 1.82) is 5.26 Å². The number of nitrogens with one attached hydrogen (secondary N) is 1. The molecular formula is C17H22N2. The van der Waals surface area contributed by atoms with Crippen LogP contribution in [0.1, 0.15) is 43.2 Å². The lowest BCUT2D eigenvalue weighted by atomic mass is 9.83. The Labute approximate surface area is 115 Å². The summed E-state index contributed by atoms with van der Waals surface area (Å²) in [4.78, 5) is 0. The topological polar surface area (TPSA) is 35.8 Å². The lowest BCUT2D eigenvalue weighted by Gasteiger charge is -2.34. The van der Waals surface area contributed by atoms with Crippen LogP contribution < -0.4 is 5.32 Å². The zero-order valence-electron chi connectivity index (χ0n) is 11.4. The fraction of sp³-hybridized carbons (Fsp3) is 0.588. The Morgan fingerprint density at radius 1 is 1.05 bits per heavy atom. The molecular weight excluding hydrogens is 232 g/mol. The first-order valence-electron chi connectivity index (χ1n) is 7.59. The summed E-state index contributed by atoms with van der Waals surface area (Å²) >= 11 is 0. The van der Waals surface area contributed by atoms with Gasteiger partial charge in [0.1, 0.15) is 0 Å². The van der Waals surface area contributed by atoms with Gasteiger partial charge in [-0.1, -0.05) is 37.1 Å². The van der Waals surface area contributed by atoms with E-state index in [1.807, 2.05) is 0 Å². The first kappa shape index (κ1) is 12.7. The van der Waals surface area contributed by atoms with E-state index in [1.54, 1.807) is 0 Å². The number of benzene rings is 1. The standard InChI is InChI=1S/C17H22N2/c18-12-15-7-3-4-8-17(15)19-16-10-9-13-5-1-2-6-14(13)11-16/h1-2,5-6,15-17,19H,3-4,7-11H2. The molecule has 0 saturated heterocycles. The van der Waals surface area contributed by atoms with Crippen LogP contribution in [0.4, 0.5) is 0 Å². The minimum atomic E-state index is 0.228. The molecule has 1 aromatic rings. The second-order valence-corrected chi connectivity index (χ2v) is 6.00. The number of rotatable bonds is 2. The van der Waals surface area contributed by atoms with Crippen molar-refractivity contribution in [1.82, 2.24) is 5.32 Å². The third kappa shape index (κ3) is 2.82. The van der Waals surface area contributed by atoms with Crippen molar-refractivity contribution in [2.24, 2.45) is 5.92 Å². The van der Waals surface area contributed by atoms with Crippen molar-refractivity contribution in [3.8, 4) is 6.07 Å². The molecule has 2 nitrogen and oxygen atoms in total. The van der Waals surface area contributed by atoms with Gasteiger partial charge in [0.05, 0.1) is 12.0 Å². The first-order valence-corrected chi connectivity index (χ1v) is 7.59. The van der Waals surface area contributed by atoms with E-state index >= 15 is 0 Å². The maximum atomic E-state index is 9.26. The molecule has 3 unspecified atom stereocenters. The fourth-order valence-electron chi connectivity index (χ4n) is 3.63. The van der Waals surface area contributed by atoms with Gasteiger partial charge in [-0.05, 0) is 43.2 Å². The quantitative estimate of drug-likeness (QED) is 0.879. The monoisotopic (exact) mass is 254 g/mol. The van der Waals surface area contributed by atoms with E-state index in [0.29, 0.717) is 12.1 Å². The molecule has 0 aromatic heterocycles. The van der Waals surface area contributed by atoms with Crippen molar-refractivity contribution < 1.29 is 0 Å². The molecule has 2 aliphatic carbocycles. The molecule has 19 heavy (non-hydrogen) atoms. The number of hydrogen-bond acceptors (Lipinski definition) is 2. The molecule has 0 radical (unpaired) electrons. The summed E-state index contributed by atoms with van der Waals surface area (Å²) in [6, 6.07) is 12.3. The van der Waals surface area contributed by atoms with Crippen molar-refractivity contribution in [3.05, 3.63) is 35.4 Å². The molecule has 0 amide bonds. The van der Waals surface area contributed by atoms with Crippen LogP contribution in [0.5, 0.6) is 0 Å². The molecule has 1 aromatic carbocycles. The number of aryl methyl sites for hydroxylation is 1. The van der Waals surface area contributed by atoms with Crippen LogP contribution in [0, 0.1) is 17.2 Å². The normalized spacial score (nSPS) is 30.4. The minimum absolute atomic E-state index is 0.228. The fourth-order valence-corrected chi connectivity index (χ4v) is 3.63. The lowest BCUT2D eigenvalue weighted by molar-refractivity contribution is 0.275. The highest BCUT2D eigenvalue weighted by molar-refractivity contribution is 5.30. The molecule has 1 saturated carbocycles. The second-order valence-electron chi connectivity index (χ2n) is 6.00. The molecule has 100 valence electrons. The Morgan fingerprint density at radius 3 is 2.68 bits per heavy atom. The van der Waals surface area contributed by atoms with E-state index in [2.05, 4.69) is 35.7 Å². The van der Waals surface area contributed by atoms with Crippen LogP contribution in [0.15, 0.2) is 24.3 Å². The summed E-state index contributed by atoms with van der Waals surface area (Å²) in [5, 5.41) is 13.0. The Kier molecular flexibility index (Phi) is 3.84. The van der Waals surface area contributed by atoms with Crippen LogP contribution in [0.2, 0.25) is 0 Å². The summed E-state index contributed by atoms with van der Waals surface area (Å²) in [7, 11) is 0. The van der Waals surface area contributed by atoms with E-state index in [9.17, 15) is 5.26 Å². The van der Waals surface area contributed by atoms with Gasteiger partial charge >= 0.3 is 0 Å². The lowest BCUT2D eigenvalue weighted by Crippen LogP contribution is -2.46. The average Bonchev–Trinajstić information content (AvgIpc) is 2.48. The predicted octanol–water partition coefficient (Wildman–Crippen LogP) is 3.22. The van der Waals surface area contributed by atoms with E-state index < -0.39 is 0 Å². The SMILES string of the molecule is N#CC1CCCCC1NC1CCc2ccccc2C1. The summed E-state index contributed by atoms with van der Waals surface area (Å²) in [5.41, 5.74) is 3.01. The van der Waals surface area contributed by atoms with Crippen LogP contribution >= 0.6 is 0 Å². The van der Waals surface area contributed by atoms with Gasteiger partial charge in [-0.2, -0.15) is 5.26 Å². The zero-order chi connectivity index (χ0) is 13.1. The van der Waals surface area contributed by atoms with Crippen molar-refractivity contribution in [2.75, 3.05) is 0 Å². The van der Waals surface area contributed by atoms with Crippen LogP contribution in [0.25, 0.3) is 0 Å².